The number of halogens is 1. The molecule has 1 aliphatic carbocycles. The first kappa shape index (κ1) is 14.5. The van der Waals surface area contributed by atoms with Crippen LogP contribution < -0.4 is 5.32 Å². The van der Waals surface area contributed by atoms with Gasteiger partial charge >= 0.3 is 0 Å². The van der Waals surface area contributed by atoms with Crippen LogP contribution in [0.15, 0.2) is 24.3 Å². The Hall–Kier alpha value is -1.42. The highest BCUT2D eigenvalue weighted by atomic mass is 19.1. The van der Waals surface area contributed by atoms with E-state index in [9.17, 15) is 9.18 Å². The maximum Gasteiger partial charge on any atom is 0.225 e. The van der Waals surface area contributed by atoms with Crippen molar-refractivity contribution in [3.63, 3.8) is 0 Å². The summed E-state index contributed by atoms with van der Waals surface area (Å²) >= 11 is 0. The molecule has 21 heavy (non-hydrogen) atoms. The molecule has 0 aromatic heterocycles. The zero-order chi connectivity index (χ0) is 14.8. The van der Waals surface area contributed by atoms with Crippen LogP contribution in [0, 0.1) is 17.7 Å². The molecule has 2 aliphatic rings. The number of benzene rings is 1. The Bertz CT molecular complexity index is 515. The molecule has 2 atom stereocenters. The molecule has 0 spiro atoms. The molecule has 1 saturated heterocycles. The Morgan fingerprint density at radius 2 is 2.19 bits per heavy atom. The van der Waals surface area contributed by atoms with E-state index >= 15 is 0 Å². The van der Waals surface area contributed by atoms with Crippen LogP contribution in [-0.2, 0) is 11.3 Å². The van der Waals surface area contributed by atoms with E-state index in [1.54, 1.807) is 12.1 Å². The Kier molecular flexibility index (Phi) is 4.24. The zero-order valence-corrected chi connectivity index (χ0v) is 12.5. The Labute approximate surface area is 125 Å². The van der Waals surface area contributed by atoms with Crippen LogP contribution in [0.5, 0.6) is 0 Å². The van der Waals surface area contributed by atoms with Crippen molar-refractivity contribution in [2.24, 2.45) is 11.8 Å². The first-order valence-electron chi connectivity index (χ1n) is 7.90. The molecule has 1 aliphatic heterocycles. The third-order valence-corrected chi connectivity index (χ3v) is 4.60. The highest BCUT2D eigenvalue weighted by Gasteiger charge is 2.36. The van der Waals surface area contributed by atoms with Gasteiger partial charge in [-0.3, -0.25) is 4.79 Å². The minimum atomic E-state index is -0.188. The fraction of sp³-hybridized carbons (Fsp3) is 0.588. The predicted molar refractivity (Wildman–Crippen MR) is 80.1 cm³/mol. The largest absolute Gasteiger partial charge is 0.342 e. The topological polar surface area (TPSA) is 32.3 Å². The van der Waals surface area contributed by atoms with E-state index in [0.29, 0.717) is 30.3 Å². The minimum absolute atomic E-state index is 0.188. The van der Waals surface area contributed by atoms with Gasteiger partial charge < -0.3 is 10.2 Å². The molecule has 0 unspecified atom stereocenters. The van der Waals surface area contributed by atoms with Crippen LogP contribution >= 0.6 is 0 Å². The Balaban J connectivity index is 1.50. The summed E-state index contributed by atoms with van der Waals surface area (Å²) in [4.78, 5) is 14.1. The van der Waals surface area contributed by atoms with Crippen molar-refractivity contribution in [1.29, 1.82) is 0 Å². The molecular weight excluding hydrogens is 267 g/mol. The van der Waals surface area contributed by atoms with Crippen molar-refractivity contribution in [3.05, 3.63) is 35.6 Å². The Morgan fingerprint density at radius 1 is 1.38 bits per heavy atom. The summed E-state index contributed by atoms with van der Waals surface area (Å²) in [6.45, 7) is 4.57. The molecule has 1 heterocycles. The fourth-order valence-corrected chi connectivity index (χ4v) is 3.13. The Morgan fingerprint density at radius 3 is 2.86 bits per heavy atom. The number of rotatable bonds is 4. The van der Waals surface area contributed by atoms with E-state index in [1.165, 1.54) is 6.07 Å². The fourth-order valence-electron chi connectivity index (χ4n) is 3.13. The molecule has 1 N–H and O–H groups in total. The number of piperidine rings is 1. The summed E-state index contributed by atoms with van der Waals surface area (Å²) in [5, 5.41) is 3.51. The van der Waals surface area contributed by atoms with E-state index in [0.717, 1.165) is 37.9 Å². The first-order valence-corrected chi connectivity index (χ1v) is 7.90. The summed E-state index contributed by atoms with van der Waals surface area (Å²) in [5.74, 6) is 0.918. The number of carbonyl (C=O) groups is 1. The number of nitrogens with zero attached hydrogens (tertiary/aromatic N) is 1. The summed E-state index contributed by atoms with van der Waals surface area (Å²) < 4.78 is 13.2. The van der Waals surface area contributed by atoms with Crippen LogP contribution in [0.2, 0.25) is 0 Å². The van der Waals surface area contributed by atoms with Gasteiger partial charge in [-0.05, 0) is 42.9 Å². The van der Waals surface area contributed by atoms with Gasteiger partial charge in [0.1, 0.15) is 5.82 Å². The second-order valence-corrected chi connectivity index (χ2v) is 6.44. The lowest BCUT2D eigenvalue weighted by Crippen LogP contribution is -2.50. The monoisotopic (exact) mass is 290 g/mol. The molecule has 0 radical (unpaired) electrons. The zero-order valence-electron chi connectivity index (χ0n) is 12.5. The van der Waals surface area contributed by atoms with Crippen LogP contribution in [0.3, 0.4) is 0 Å². The van der Waals surface area contributed by atoms with Crippen molar-refractivity contribution in [2.75, 3.05) is 13.1 Å². The van der Waals surface area contributed by atoms with Gasteiger partial charge in [0.25, 0.3) is 0 Å². The summed E-state index contributed by atoms with van der Waals surface area (Å²) in [6, 6.07) is 7.12. The lowest BCUT2D eigenvalue weighted by atomic mass is 9.93. The molecule has 4 heteroatoms. The number of carbonyl (C=O) groups excluding carboxylic acids is 1. The van der Waals surface area contributed by atoms with Crippen molar-refractivity contribution >= 4 is 5.91 Å². The van der Waals surface area contributed by atoms with Gasteiger partial charge in [0, 0.05) is 31.6 Å². The minimum Gasteiger partial charge on any atom is -0.342 e. The van der Waals surface area contributed by atoms with Crippen molar-refractivity contribution in [2.45, 2.75) is 38.8 Å². The summed E-state index contributed by atoms with van der Waals surface area (Å²) in [7, 11) is 0. The normalized spacial score (nSPS) is 25.9. The standard InChI is InChI=1S/C17H23FN2O/c1-12-11-20(17(21)14-5-6-14)8-7-16(12)19-10-13-3-2-4-15(18)9-13/h2-4,9,12,14,16,19H,5-8,10-11H2,1H3/t12-,16+/m1/s1. The van der Waals surface area contributed by atoms with E-state index in [1.807, 2.05) is 11.0 Å². The number of hydrogen-bond donors (Lipinski definition) is 1. The molecule has 3 rings (SSSR count). The average Bonchev–Trinajstić information content (AvgIpc) is 3.30. The van der Waals surface area contributed by atoms with E-state index in [-0.39, 0.29) is 5.82 Å². The molecular formula is C17H23FN2O. The first-order chi connectivity index (χ1) is 10.1. The number of nitrogens with one attached hydrogen (secondary N) is 1. The molecule has 3 nitrogen and oxygen atoms in total. The van der Waals surface area contributed by atoms with Crippen molar-refractivity contribution in [3.8, 4) is 0 Å². The highest BCUT2D eigenvalue weighted by Crippen LogP contribution is 2.32. The van der Waals surface area contributed by atoms with Crippen LogP contribution in [0.4, 0.5) is 4.39 Å². The average molecular weight is 290 g/mol. The molecule has 1 saturated carbocycles. The van der Waals surface area contributed by atoms with Crippen LogP contribution in [-0.4, -0.2) is 29.9 Å². The van der Waals surface area contributed by atoms with Crippen LogP contribution in [0.25, 0.3) is 0 Å². The van der Waals surface area contributed by atoms with Crippen molar-refractivity contribution in [1.82, 2.24) is 10.2 Å². The molecule has 1 amide bonds. The van der Waals surface area contributed by atoms with Gasteiger partial charge in [0.15, 0.2) is 0 Å². The summed E-state index contributed by atoms with van der Waals surface area (Å²) in [6.07, 6.45) is 3.13. The highest BCUT2D eigenvalue weighted by molar-refractivity contribution is 5.81. The number of hydrogen-bond acceptors (Lipinski definition) is 2. The maximum atomic E-state index is 13.2. The van der Waals surface area contributed by atoms with E-state index < -0.39 is 0 Å². The molecule has 1 aromatic carbocycles. The van der Waals surface area contributed by atoms with Gasteiger partial charge in [0.05, 0.1) is 0 Å². The second-order valence-electron chi connectivity index (χ2n) is 6.44. The lowest BCUT2D eigenvalue weighted by molar-refractivity contribution is -0.134. The van der Waals surface area contributed by atoms with Gasteiger partial charge in [-0.15, -0.1) is 0 Å². The summed E-state index contributed by atoms with van der Waals surface area (Å²) in [5.41, 5.74) is 0.971. The quantitative estimate of drug-likeness (QED) is 0.924. The number of likely N-dealkylation sites (tertiary alicyclic amines) is 1. The van der Waals surface area contributed by atoms with Crippen molar-refractivity contribution < 1.29 is 9.18 Å². The third-order valence-electron chi connectivity index (χ3n) is 4.60. The maximum absolute atomic E-state index is 13.2. The smallest absolute Gasteiger partial charge is 0.225 e. The lowest BCUT2D eigenvalue weighted by Gasteiger charge is -2.37. The van der Waals surface area contributed by atoms with Gasteiger partial charge in [0.2, 0.25) is 5.91 Å². The number of amides is 1. The van der Waals surface area contributed by atoms with Gasteiger partial charge in [-0.2, -0.15) is 0 Å². The predicted octanol–water partition coefficient (Wildman–Crippen LogP) is 2.56. The van der Waals surface area contributed by atoms with E-state index in [4.69, 9.17) is 0 Å². The van der Waals surface area contributed by atoms with Crippen LogP contribution in [0.1, 0.15) is 31.7 Å². The molecule has 114 valence electrons. The molecule has 2 fully saturated rings. The SMILES string of the molecule is C[C@@H]1CN(C(=O)C2CC2)CC[C@@H]1NCc1cccc(F)c1. The van der Waals surface area contributed by atoms with Gasteiger partial charge in [-0.1, -0.05) is 19.1 Å². The van der Waals surface area contributed by atoms with Gasteiger partial charge in [-0.25, -0.2) is 4.39 Å². The second kappa shape index (κ2) is 6.14. The molecule has 1 aromatic rings. The van der Waals surface area contributed by atoms with E-state index in [2.05, 4.69) is 12.2 Å². The third kappa shape index (κ3) is 3.62. The molecule has 0 bridgehead atoms.